The van der Waals surface area contributed by atoms with E-state index in [1.165, 1.54) is 17.8 Å². The van der Waals surface area contributed by atoms with Gasteiger partial charge in [0, 0.05) is 24.0 Å². The van der Waals surface area contributed by atoms with E-state index >= 15 is 0 Å². The number of rotatable bonds is 5. The summed E-state index contributed by atoms with van der Waals surface area (Å²) < 4.78 is 0. The van der Waals surface area contributed by atoms with Gasteiger partial charge in [-0.1, -0.05) is 30.0 Å². The average Bonchev–Trinajstić information content (AvgIpc) is 2.52. The number of benzene rings is 1. The van der Waals surface area contributed by atoms with E-state index < -0.39 is 0 Å². The summed E-state index contributed by atoms with van der Waals surface area (Å²) in [5, 5.41) is 0.706. The number of hydrazine groups is 1. The van der Waals surface area contributed by atoms with Gasteiger partial charge < -0.3 is 0 Å². The van der Waals surface area contributed by atoms with Gasteiger partial charge in [-0.2, -0.15) is 0 Å². The molecule has 0 unspecified atom stereocenters. The highest BCUT2D eigenvalue weighted by molar-refractivity contribution is 7.98. The molecule has 20 heavy (non-hydrogen) atoms. The molecule has 1 aromatic heterocycles. The van der Waals surface area contributed by atoms with Crippen molar-refractivity contribution in [2.24, 2.45) is 0 Å². The highest BCUT2D eigenvalue weighted by Gasteiger charge is 1.96. The number of carbonyl (C=O) groups excluding carboxylic acids is 1. The van der Waals surface area contributed by atoms with Crippen LogP contribution in [0.25, 0.3) is 6.08 Å². The number of aromatic nitrogens is 2. The Labute approximate surface area is 121 Å². The number of nitrogens with zero attached hydrogens (tertiary/aromatic N) is 2. The summed E-state index contributed by atoms with van der Waals surface area (Å²) in [5.41, 5.74) is 6.98. The Hall–Kier alpha value is -2.34. The summed E-state index contributed by atoms with van der Waals surface area (Å²) in [4.78, 5) is 19.9. The fourth-order valence-corrected chi connectivity index (χ4v) is 1.70. The number of carbonyl (C=O) groups is 1. The minimum absolute atomic E-state index is 0.247. The number of hydrogen-bond donors (Lipinski definition) is 2. The van der Waals surface area contributed by atoms with Crippen molar-refractivity contribution >= 4 is 29.4 Å². The molecule has 2 N–H and O–H groups in total. The Morgan fingerprint density at radius 3 is 2.55 bits per heavy atom. The topological polar surface area (TPSA) is 66.9 Å². The van der Waals surface area contributed by atoms with E-state index in [-0.39, 0.29) is 5.91 Å². The van der Waals surface area contributed by atoms with Crippen molar-refractivity contribution in [2.75, 3.05) is 11.7 Å². The summed E-state index contributed by atoms with van der Waals surface area (Å²) in [7, 11) is 0. The third-order valence-electron chi connectivity index (χ3n) is 2.36. The Bertz CT molecular complexity index is 584. The van der Waals surface area contributed by atoms with E-state index in [1.54, 1.807) is 18.5 Å². The second-order valence-corrected chi connectivity index (χ2v) is 4.59. The SMILES string of the molecule is CSc1ncc(/C=C/C(=O)NNc2ccccc2)cn1. The van der Waals surface area contributed by atoms with E-state index in [0.29, 0.717) is 5.16 Å². The molecule has 2 rings (SSSR count). The molecule has 0 aliphatic heterocycles. The van der Waals surface area contributed by atoms with Crippen molar-refractivity contribution < 1.29 is 4.79 Å². The van der Waals surface area contributed by atoms with Crippen molar-refractivity contribution in [1.29, 1.82) is 0 Å². The molecule has 6 heteroatoms. The first kappa shape index (κ1) is 14.1. The predicted octanol–water partition coefficient (Wildman–Crippen LogP) is 2.35. The molecule has 1 heterocycles. The van der Waals surface area contributed by atoms with Crippen LogP contribution >= 0.6 is 11.8 Å². The normalized spacial score (nSPS) is 10.4. The molecular weight excluding hydrogens is 272 g/mol. The number of thioether (sulfide) groups is 1. The molecule has 1 aromatic carbocycles. The van der Waals surface area contributed by atoms with Gasteiger partial charge >= 0.3 is 0 Å². The zero-order valence-corrected chi connectivity index (χ0v) is 11.7. The Morgan fingerprint density at radius 2 is 1.90 bits per heavy atom. The quantitative estimate of drug-likeness (QED) is 0.382. The molecule has 0 spiro atoms. The molecule has 5 nitrogen and oxygen atoms in total. The van der Waals surface area contributed by atoms with Crippen LogP contribution in [0.2, 0.25) is 0 Å². The monoisotopic (exact) mass is 286 g/mol. The van der Waals surface area contributed by atoms with Crippen molar-refractivity contribution in [3.63, 3.8) is 0 Å². The van der Waals surface area contributed by atoms with E-state index in [9.17, 15) is 4.79 Å². The molecule has 0 bridgehead atoms. The third-order valence-corrected chi connectivity index (χ3v) is 2.94. The van der Waals surface area contributed by atoms with Gasteiger partial charge in [0.15, 0.2) is 5.16 Å². The lowest BCUT2D eigenvalue weighted by Crippen LogP contribution is -2.27. The van der Waals surface area contributed by atoms with Gasteiger partial charge in [-0.25, -0.2) is 9.97 Å². The number of para-hydroxylation sites is 1. The van der Waals surface area contributed by atoms with Crippen LogP contribution in [0.1, 0.15) is 5.56 Å². The summed E-state index contributed by atoms with van der Waals surface area (Å²) in [6.45, 7) is 0. The van der Waals surface area contributed by atoms with Crippen molar-refractivity contribution in [3.8, 4) is 0 Å². The van der Waals surface area contributed by atoms with Crippen LogP contribution in [0.3, 0.4) is 0 Å². The molecule has 0 aliphatic carbocycles. The van der Waals surface area contributed by atoms with E-state index in [4.69, 9.17) is 0 Å². The molecular formula is C14H14N4OS. The second kappa shape index (κ2) is 7.30. The van der Waals surface area contributed by atoms with Gasteiger partial charge in [0.25, 0.3) is 5.91 Å². The van der Waals surface area contributed by atoms with Gasteiger partial charge in [-0.15, -0.1) is 0 Å². The van der Waals surface area contributed by atoms with E-state index in [0.717, 1.165) is 11.3 Å². The van der Waals surface area contributed by atoms with Crippen LogP contribution in [0.15, 0.2) is 54.0 Å². The molecule has 0 radical (unpaired) electrons. The third kappa shape index (κ3) is 4.40. The van der Waals surface area contributed by atoms with Crippen LogP contribution in [0.5, 0.6) is 0 Å². The van der Waals surface area contributed by atoms with Crippen molar-refractivity contribution in [3.05, 3.63) is 54.4 Å². The van der Waals surface area contributed by atoms with Crippen LogP contribution < -0.4 is 10.9 Å². The van der Waals surface area contributed by atoms with E-state index in [2.05, 4.69) is 20.8 Å². The number of amides is 1. The number of hydrogen-bond acceptors (Lipinski definition) is 5. The van der Waals surface area contributed by atoms with Gasteiger partial charge in [-0.3, -0.25) is 15.6 Å². The first-order valence-corrected chi connectivity index (χ1v) is 7.15. The predicted molar refractivity (Wildman–Crippen MR) is 81.1 cm³/mol. The molecule has 102 valence electrons. The van der Waals surface area contributed by atoms with Gasteiger partial charge in [0.1, 0.15) is 0 Å². The fourth-order valence-electron chi connectivity index (χ4n) is 1.39. The second-order valence-electron chi connectivity index (χ2n) is 3.82. The minimum atomic E-state index is -0.247. The zero-order valence-electron chi connectivity index (χ0n) is 10.9. The number of anilines is 1. The van der Waals surface area contributed by atoms with Crippen LogP contribution in [-0.2, 0) is 4.79 Å². The average molecular weight is 286 g/mol. The lowest BCUT2D eigenvalue weighted by molar-refractivity contribution is -0.115. The van der Waals surface area contributed by atoms with Gasteiger partial charge in [-0.05, 0) is 24.5 Å². The maximum atomic E-state index is 11.6. The molecule has 0 aliphatic rings. The Kier molecular flexibility index (Phi) is 5.14. The maximum Gasteiger partial charge on any atom is 0.262 e. The molecule has 0 saturated heterocycles. The molecule has 1 amide bonds. The first-order chi connectivity index (χ1) is 9.78. The van der Waals surface area contributed by atoms with Crippen molar-refractivity contribution in [2.45, 2.75) is 5.16 Å². The van der Waals surface area contributed by atoms with Crippen LogP contribution in [-0.4, -0.2) is 22.1 Å². The molecule has 0 saturated carbocycles. The van der Waals surface area contributed by atoms with E-state index in [1.807, 2.05) is 36.6 Å². The standard InChI is InChI=1S/C14H14N4OS/c1-20-14-15-9-11(10-16-14)7-8-13(19)18-17-12-5-3-2-4-6-12/h2-10,17H,1H3,(H,18,19)/b8-7+. The molecule has 2 aromatic rings. The Balaban J connectivity index is 1.85. The summed E-state index contributed by atoms with van der Waals surface area (Å²) in [5.74, 6) is -0.247. The van der Waals surface area contributed by atoms with Crippen LogP contribution in [0, 0.1) is 0 Å². The van der Waals surface area contributed by atoms with Gasteiger partial charge in [0.05, 0.1) is 5.69 Å². The summed E-state index contributed by atoms with van der Waals surface area (Å²) in [6.07, 6.45) is 8.34. The van der Waals surface area contributed by atoms with Crippen LogP contribution in [0.4, 0.5) is 5.69 Å². The Morgan fingerprint density at radius 1 is 1.20 bits per heavy atom. The number of nitrogens with one attached hydrogen (secondary N) is 2. The largest absolute Gasteiger partial charge is 0.298 e. The summed E-state index contributed by atoms with van der Waals surface area (Å²) in [6, 6.07) is 9.40. The molecule has 0 atom stereocenters. The smallest absolute Gasteiger partial charge is 0.262 e. The molecule has 0 fully saturated rings. The van der Waals surface area contributed by atoms with Crippen molar-refractivity contribution in [1.82, 2.24) is 15.4 Å². The lowest BCUT2D eigenvalue weighted by atomic mass is 10.3. The highest BCUT2D eigenvalue weighted by Crippen LogP contribution is 2.07. The lowest BCUT2D eigenvalue weighted by Gasteiger charge is -2.05. The summed E-state index contributed by atoms with van der Waals surface area (Å²) >= 11 is 1.47. The minimum Gasteiger partial charge on any atom is -0.298 e. The fraction of sp³-hybridized carbons (Fsp3) is 0.0714. The first-order valence-electron chi connectivity index (χ1n) is 5.93. The van der Waals surface area contributed by atoms with Gasteiger partial charge in [0.2, 0.25) is 0 Å². The highest BCUT2D eigenvalue weighted by atomic mass is 32.2. The maximum absolute atomic E-state index is 11.6. The zero-order chi connectivity index (χ0) is 14.2.